The monoisotopic (exact) mass is 322 g/mol. The standard InChI is InChI=1S/C10H6BrF3N2S/c11-8-2-1-6(5-7(8)10(12,13)14)16-4-3-15-9(16)17/h1-5H,(H,15,17). The number of halogens is 4. The zero-order valence-corrected chi connectivity index (χ0v) is 10.7. The summed E-state index contributed by atoms with van der Waals surface area (Å²) in [6.45, 7) is 0. The van der Waals surface area contributed by atoms with E-state index in [9.17, 15) is 13.2 Å². The molecule has 0 aliphatic carbocycles. The Bertz CT molecular complexity index is 600. The van der Waals surface area contributed by atoms with Crippen molar-refractivity contribution < 1.29 is 13.2 Å². The Kier molecular flexibility index (Phi) is 3.13. The first-order valence-corrected chi connectivity index (χ1v) is 5.73. The van der Waals surface area contributed by atoms with Crippen LogP contribution in [0.3, 0.4) is 0 Å². The zero-order valence-electron chi connectivity index (χ0n) is 8.25. The van der Waals surface area contributed by atoms with Crippen LogP contribution in [0.2, 0.25) is 0 Å². The first-order valence-electron chi connectivity index (χ1n) is 4.53. The van der Waals surface area contributed by atoms with Crippen molar-refractivity contribution in [1.29, 1.82) is 0 Å². The maximum atomic E-state index is 12.7. The van der Waals surface area contributed by atoms with Crippen molar-refractivity contribution in [3.8, 4) is 5.69 Å². The van der Waals surface area contributed by atoms with Crippen LogP contribution in [0.1, 0.15) is 5.56 Å². The summed E-state index contributed by atoms with van der Waals surface area (Å²) in [7, 11) is 0. The highest BCUT2D eigenvalue weighted by atomic mass is 79.9. The van der Waals surface area contributed by atoms with Gasteiger partial charge in [0.25, 0.3) is 0 Å². The molecule has 1 heterocycles. The fraction of sp³-hybridized carbons (Fsp3) is 0.100. The van der Waals surface area contributed by atoms with Crippen molar-refractivity contribution in [1.82, 2.24) is 9.55 Å². The van der Waals surface area contributed by atoms with E-state index >= 15 is 0 Å². The number of hydrogen-bond donors (Lipinski definition) is 1. The molecule has 0 saturated carbocycles. The van der Waals surface area contributed by atoms with Gasteiger partial charge in [-0.25, -0.2) is 0 Å². The molecule has 0 aliphatic rings. The minimum absolute atomic E-state index is 0.0100. The van der Waals surface area contributed by atoms with Crippen molar-refractivity contribution in [2.24, 2.45) is 0 Å². The lowest BCUT2D eigenvalue weighted by Crippen LogP contribution is -2.07. The summed E-state index contributed by atoms with van der Waals surface area (Å²) in [4.78, 5) is 2.72. The Morgan fingerprint density at radius 3 is 2.53 bits per heavy atom. The minimum atomic E-state index is -4.40. The smallest absolute Gasteiger partial charge is 0.337 e. The number of H-pyrrole nitrogens is 1. The molecule has 7 heteroatoms. The van der Waals surface area contributed by atoms with Crippen molar-refractivity contribution >= 4 is 28.1 Å². The topological polar surface area (TPSA) is 20.7 Å². The van der Waals surface area contributed by atoms with Crippen LogP contribution in [0.5, 0.6) is 0 Å². The molecule has 17 heavy (non-hydrogen) atoms. The molecule has 0 bridgehead atoms. The van der Waals surface area contributed by atoms with Crippen molar-refractivity contribution in [2.75, 3.05) is 0 Å². The fourth-order valence-electron chi connectivity index (χ4n) is 1.40. The van der Waals surface area contributed by atoms with E-state index in [1.165, 1.54) is 10.6 Å². The third-order valence-electron chi connectivity index (χ3n) is 2.18. The van der Waals surface area contributed by atoms with Gasteiger partial charge < -0.3 is 4.98 Å². The molecule has 1 aromatic carbocycles. The van der Waals surface area contributed by atoms with Crippen molar-refractivity contribution in [3.05, 3.63) is 45.4 Å². The molecule has 0 aliphatic heterocycles. The third-order valence-corrected chi connectivity index (χ3v) is 3.19. The fourth-order valence-corrected chi connectivity index (χ4v) is 2.11. The number of rotatable bonds is 1. The highest BCUT2D eigenvalue weighted by Crippen LogP contribution is 2.35. The summed E-state index contributed by atoms with van der Waals surface area (Å²) in [5.74, 6) is 0. The molecule has 90 valence electrons. The van der Waals surface area contributed by atoms with Gasteiger partial charge in [0.2, 0.25) is 0 Å². The van der Waals surface area contributed by atoms with E-state index in [1.807, 2.05) is 0 Å². The molecule has 2 aromatic rings. The normalized spacial score (nSPS) is 11.8. The number of aromatic nitrogens is 2. The third kappa shape index (κ3) is 2.44. The number of hydrogen-bond acceptors (Lipinski definition) is 1. The van der Waals surface area contributed by atoms with Crippen LogP contribution in [0.15, 0.2) is 35.1 Å². The zero-order chi connectivity index (χ0) is 12.6. The van der Waals surface area contributed by atoms with Gasteiger partial charge in [0, 0.05) is 22.6 Å². The largest absolute Gasteiger partial charge is 0.417 e. The molecule has 0 spiro atoms. The highest BCUT2D eigenvalue weighted by Gasteiger charge is 2.33. The van der Waals surface area contributed by atoms with Gasteiger partial charge in [0.1, 0.15) is 0 Å². The highest BCUT2D eigenvalue weighted by molar-refractivity contribution is 9.10. The molecular weight excluding hydrogens is 317 g/mol. The van der Waals surface area contributed by atoms with Crippen LogP contribution in [-0.4, -0.2) is 9.55 Å². The predicted molar refractivity (Wildman–Crippen MR) is 63.7 cm³/mol. The van der Waals surface area contributed by atoms with Gasteiger partial charge in [-0.3, -0.25) is 4.57 Å². The van der Waals surface area contributed by atoms with Gasteiger partial charge in [0.05, 0.1) is 5.56 Å². The van der Waals surface area contributed by atoms with E-state index < -0.39 is 11.7 Å². The number of benzene rings is 1. The Balaban J connectivity index is 2.60. The van der Waals surface area contributed by atoms with E-state index in [-0.39, 0.29) is 4.47 Å². The quantitative estimate of drug-likeness (QED) is 0.775. The first kappa shape index (κ1) is 12.4. The Labute approximate surface area is 108 Å². The summed E-state index contributed by atoms with van der Waals surface area (Å²) in [5, 5.41) is 0. The molecule has 2 nitrogen and oxygen atoms in total. The molecule has 2 rings (SSSR count). The lowest BCUT2D eigenvalue weighted by molar-refractivity contribution is -0.138. The van der Waals surface area contributed by atoms with Crippen LogP contribution in [-0.2, 0) is 6.18 Å². The molecule has 0 radical (unpaired) electrons. The summed E-state index contributed by atoms with van der Waals surface area (Å²) in [6.07, 6.45) is -1.25. The van der Waals surface area contributed by atoms with Gasteiger partial charge in [-0.1, -0.05) is 15.9 Å². The lowest BCUT2D eigenvalue weighted by Gasteiger charge is -2.11. The van der Waals surface area contributed by atoms with Gasteiger partial charge in [-0.05, 0) is 30.4 Å². The molecule has 0 atom stereocenters. The average molecular weight is 323 g/mol. The second kappa shape index (κ2) is 4.30. The van der Waals surface area contributed by atoms with E-state index in [0.29, 0.717) is 10.5 Å². The SMILES string of the molecule is FC(F)(F)c1cc(-n2cc[nH]c2=S)ccc1Br. The first-order chi connectivity index (χ1) is 7.89. The van der Waals surface area contributed by atoms with Crippen LogP contribution in [0.25, 0.3) is 5.69 Å². The summed E-state index contributed by atoms with van der Waals surface area (Å²) in [5.41, 5.74) is -0.357. The van der Waals surface area contributed by atoms with Gasteiger partial charge in [-0.15, -0.1) is 0 Å². The molecule has 0 saturated heterocycles. The lowest BCUT2D eigenvalue weighted by atomic mass is 10.2. The molecular formula is C10H6BrF3N2S. The van der Waals surface area contributed by atoms with E-state index in [2.05, 4.69) is 20.9 Å². The Morgan fingerprint density at radius 2 is 2.00 bits per heavy atom. The van der Waals surface area contributed by atoms with Gasteiger partial charge >= 0.3 is 6.18 Å². The molecule has 0 amide bonds. The maximum Gasteiger partial charge on any atom is 0.417 e. The second-order valence-corrected chi connectivity index (χ2v) is 4.54. The van der Waals surface area contributed by atoms with E-state index in [1.54, 1.807) is 18.5 Å². The van der Waals surface area contributed by atoms with Crippen molar-refractivity contribution in [3.63, 3.8) is 0 Å². The van der Waals surface area contributed by atoms with Crippen molar-refractivity contribution in [2.45, 2.75) is 6.18 Å². The maximum absolute atomic E-state index is 12.7. The molecule has 1 N–H and O–H groups in total. The van der Waals surface area contributed by atoms with Crippen LogP contribution < -0.4 is 0 Å². The molecule has 0 unspecified atom stereocenters. The predicted octanol–water partition coefficient (Wildman–Crippen LogP) is 4.32. The number of imidazole rings is 1. The Morgan fingerprint density at radius 1 is 1.29 bits per heavy atom. The van der Waals surface area contributed by atoms with Gasteiger partial charge in [-0.2, -0.15) is 13.2 Å². The molecule has 1 aromatic heterocycles. The van der Waals surface area contributed by atoms with Gasteiger partial charge in [0.15, 0.2) is 4.77 Å². The number of aromatic amines is 1. The average Bonchev–Trinajstić information content (AvgIpc) is 2.63. The van der Waals surface area contributed by atoms with Crippen LogP contribution >= 0.6 is 28.1 Å². The minimum Gasteiger partial charge on any atom is -0.337 e. The number of nitrogens with zero attached hydrogens (tertiary/aromatic N) is 1. The van der Waals surface area contributed by atoms with Crippen LogP contribution in [0, 0.1) is 4.77 Å². The number of alkyl halides is 3. The summed E-state index contributed by atoms with van der Waals surface area (Å²) in [6, 6.07) is 3.96. The Hall–Kier alpha value is -1.08. The second-order valence-electron chi connectivity index (χ2n) is 3.30. The van der Waals surface area contributed by atoms with E-state index in [4.69, 9.17) is 12.2 Å². The van der Waals surface area contributed by atoms with E-state index in [0.717, 1.165) is 6.07 Å². The summed E-state index contributed by atoms with van der Waals surface area (Å²) < 4.78 is 39.9. The van der Waals surface area contributed by atoms with Crippen LogP contribution in [0.4, 0.5) is 13.2 Å². The summed E-state index contributed by atoms with van der Waals surface area (Å²) >= 11 is 7.84. The number of nitrogens with one attached hydrogen (secondary N) is 1. The molecule has 0 fully saturated rings.